The molecule has 2 fully saturated rings. The Morgan fingerprint density at radius 2 is 2.09 bits per heavy atom. The maximum atomic E-state index is 14.4. The van der Waals surface area contributed by atoms with Crippen molar-refractivity contribution < 1.29 is 13.9 Å². The van der Waals surface area contributed by atoms with E-state index in [1.807, 2.05) is 6.07 Å². The molecule has 1 unspecified atom stereocenters. The molecule has 1 aromatic carbocycles. The molecule has 3 heterocycles. The van der Waals surface area contributed by atoms with Crippen molar-refractivity contribution in [2.75, 3.05) is 38.2 Å². The van der Waals surface area contributed by atoms with E-state index in [2.05, 4.69) is 26.7 Å². The van der Waals surface area contributed by atoms with Crippen molar-refractivity contribution in [3.63, 3.8) is 0 Å². The van der Waals surface area contributed by atoms with Crippen LogP contribution in [0.5, 0.6) is 0 Å². The Bertz CT molecular complexity index is 988. The van der Waals surface area contributed by atoms with Gasteiger partial charge in [0, 0.05) is 49.7 Å². The Labute approximate surface area is 199 Å². The van der Waals surface area contributed by atoms with Gasteiger partial charge in [-0.1, -0.05) is 11.6 Å². The Morgan fingerprint density at radius 3 is 2.88 bits per heavy atom. The highest BCUT2D eigenvalue weighted by molar-refractivity contribution is 6.37. The van der Waals surface area contributed by atoms with Crippen LogP contribution in [0.25, 0.3) is 5.57 Å². The Kier molecular flexibility index (Phi) is 8.35. The minimum atomic E-state index is -0.361. The van der Waals surface area contributed by atoms with Gasteiger partial charge in [0.2, 0.25) is 5.91 Å². The van der Waals surface area contributed by atoms with Crippen LogP contribution >= 0.6 is 11.6 Å². The Morgan fingerprint density at radius 1 is 1.24 bits per heavy atom. The highest BCUT2D eigenvalue weighted by Crippen LogP contribution is 2.29. The third kappa shape index (κ3) is 7.02. The van der Waals surface area contributed by atoms with Crippen molar-refractivity contribution >= 4 is 34.6 Å². The van der Waals surface area contributed by atoms with E-state index in [1.165, 1.54) is 18.3 Å². The number of carbonyl (C=O) groups is 1. The van der Waals surface area contributed by atoms with Gasteiger partial charge in [0.1, 0.15) is 11.7 Å². The lowest BCUT2D eigenvalue weighted by Crippen LogP contribution is -2.35. The molecule has 0 spiro atoms. The molecule has 176 valence electrons. The molecule has 1 aromatic rings. The van der Waals surface area contributed by atoms with Crippen LogP contribution in [0.15, 0.2) is 46.2 Å². The van der Waals surface area contributed by atoms with Crippen LogP contribution in [0.2, 0.25) is 0 Å². The third-order valence-electron chi connectivity index (χ3n) is 6.17. The molecular formula is C25H30ClFN4O2. The molecule has 3 N–H and O–H groups in total. The number of piperidine rings is 1. The van der Waals surface area contributed by atoms with Gasteiger partial charge in [0.25, 0.3) is 0 Å². The molecule has 6 nitrogen and oxygen atoms in total. The molecule has 3 aliphatic rings. The number of hydrogen-bond donors (Lipinski definition) is 3. The van der Waals surface area contributed by atoms with Crippen molar-refractivity contribution in [2.24, 2.45) is 16.8 Å². The third-order valence-corrected chi connectivity index (χ3v) is 6.46. The standard InChI is InChI=1S/C25H30ClFN4O2/c26-23-16-30-24(31-25(32)10-18-2-1-7-28-14-18)4-3-22(23)19-11-20(27)13-21(12-19)29-15-17-5-8-33-9-6-17/h4,11-13,16-18,28-29H,1-2,5-10,14-15H2,(H,30,31,32). The van der Waals surface area contributed by atoms with E-state index in [-0.39, 0.29) is 11.7 Å². The fourth-order valence-corrected chi connectivity index (χ4v) is 4.54. The number of anilines is 1. The molecule has 1 atom stereocenters. The van der Waals surface area contributed by atoms with E-state index >= 15 is 0 Å². The topological polar surface area (TPSA) is 74.8 Å². The normalized spacial score (nSPS) is 21.5. The number of carbonyl (C=O) groups excluding carboxylic acids is 1. The minimum absolute atomic E-state index is 0.0844. The van der Waals surface area contributed by atoms with Gasteiger partial charge in [-0.2, -0.15) is 0 Å². The number of aliphatic imine (C=N–C) groups is 1. The summed E-state index contributed by atoms with van der Waals surface area (Å²) in [6, 6.07) is 4.75. The molecule has 8 heteroatoms. The first-order chi connectivity index (χ1) is 16.1. The summed E-state index contributed by atoms with van der Waals surface area (Å²) >= 11 is 6.44. The van der Waals surface area contributed by atoms with Crippen LogP contribution < -0.4 is 16.0 Å². The molecule has 0 bridgehead atoms. The minimum Gasteiger partial charge on any atom is -0.385 e. The quantitative estimate of drug-likeness (QED) is 0.542. The van der Waals surface area contributed by atoms with E-state index in [4.69, 9.17) is 16.3 Å². The van der Waals surface area contributed by atoms with Gasteiger partial charge in [-0.15, -0.1) is 5.73 Å². The molecule has 0 aliphatic carbocycles. The molecule has 0 saturated carbocycles. The average molecular weight is 473 g/mol. The van der Waals surface area contributed by atoms with E-state index in [1.54, 1.807) is 6.08 Å². The summed E-state index contributed by atoms with van der Waals surface area (Å²) in [5.41, 5.74) is 4.90. The monoisotopic (exact) mass is 472 g/mol. The largest absolute Gasteiger partial charge is 0.385 e. The number of halogens is 2. The summed E-state index contributed by atoms with van der Waals surface area (Å²) in [6.45, 7) is 4.18. The first-order valence-electron chi connectivity index (χ1n) is 11.6. The molecule has 1 amide bonds. The second-order valence-electron chi connectivity index (χ2n) is 8.78. The van der Waals surface area contributed by atoms with Gasteiger partial charge in [-0.25, -0.2) is 9.38 Å². The summed E-state index contributed by atoms with van der Waals surface area (Å²) in [4.78, 5) is 16.7. The molecular weight excluding hydrogens is 443 g/mol. The molecule has 3 aliphatic heterocycles. The van der Waals surface area contributed by atoms with Gasteiger partial charge in [0.15, 0.2) is 0 Å². The predicted molar refractivity (Wildman–Crippen MR) is 130 cm³/mol. The highest BCUT2D eigenvalue weighted by atomic mass is 35.5. The van der Waals surface area contributed by atoms with Crippen LogP contribution in [0.1, 0.15) is 37.7 Å². The van der Waals surface area contributed by atoms with Crippen molar-refractivity contribution in [3.8, 4) is 0 Å². The summed E-state index contributed by atoms with van der Waals surface area (Å²) in [5, 5.41) is 9.81. The summed E-state index contributed by atoms with van der Waals surface area (Å²) in [7, 11) is 0. The lowest BCUT2D eigenvalue weighted by Gasteiger charge is -2.22. The van der Waals surface area contributed by atoms with Gasteiger partial charge >= 0.3 is 0 Å². The predicted octanol–water partition coefficient (Wildman–Crippen LogP) is 4.20. The van der Waals surface area contributed by atoms with E-state index < -0.39 is 0 Å². The van der Waals surface area contributed by atoms with Crippen LogP contribution in [0.4, 0.5) is 10.1 Å². The number of amidine groups is 1. The van der Waals surface area contributed by atoms with E-state index in [0.29, 0.717) is 45.9 Å². The maximum Gasteiger partial charge on any atom is 0.225 e. The number of rotatable bonds is 6. The molecule has 33 heavy (non-hydrogen) atoms. The van der Waals surface area contributed by atoms with Crippen LogP contribution in [-0.4, -0.2) is 44.6 Å². The highest BCUT2D eigenvalue weighted by Gasteiger charge is 2.18. The smallest absolute Gasteiger partial charge is 0.225 e. The number of ether oxygens (including phenoxy) is 1. The van der Waals surface area contributed by atoms with Crippen molar-refractivity contribution in [1.82, 2.24) is 10.6 Å². The van der Waals surface area contributed by atoms with E-state index in [9.17, 15) is 9.18 Å². The summed E-state index contributed by atoms with van der Waals surface area (Å²) in [5.74, 6) is 0.763. The number of hydrogen-bond acceptors (Lipinski definition) is 5. The number of nitrogens with zero attached hydrogens (tertiary/aromatic N) is 1. The number of allylic oxidation sites excluding steroid dienone is 1. The molecule has 0 aromatic heterocycles. The van der Waals surface area contributed by atoms with E-state index in [0.717, 1.165) is 58.5 Å². The second kappa shape index (κ2) is 11.6. The lowest BCUT2D eigenvalue weighted by molar-refractivity contribution is -0.120. The van der Waals surface area contributed by atoms with Crippen LogP contribution in [0, 0.1) is 17.7 Å². The summed E-state index contributed by atoms with van der Waals surface area (Å²) in [6.07, 6.45) is 7.62. The zero-order chi connectivity index (χ0) is 23.0. The number of benzene rings is 1. The fraction of sp³-hybridized carbons (Fsp3) is 0.480. The van der Waals surface area contributed by atoms with Crippen molar-refractivity contribution in [2.45, 2.75) is 32.1 Å². The molecule has 2 saturated heterocycles. The van der Waals surface area contributed by atoms with Crippen molar-refractivity contribution in [3.05, 3.63) is 52.6 Å². The molecule has 0 radical (unpaired) electrons. The van der Waals surface area contributed by atoms with Gasteiger partial charge in [-0.05, 0) is 74.4 Å². The maximum absolute atomic E-state index is 14.4. The second-order valence-corrected chi connectivity index (χ2v) is 9.19. The Hall–Kier alpha value is -2.44. The first-order valence-corrected chi connectivity index (χ1v) is 12.0. The average Bonchev–Trinajstić information content (AvgIpc) is 3.00. The van der Waals surface area contributed by atoms with Gasteiger partial charge in [0.05, 0.1) is 5.03 Å². The number of amides is 1. The zero-order valence-electron chi connectivity index (χ0n) is 18.6. The number of nitrogens with one attached hydrogen (secondary N) is 3. The SMILES string of the molecule is O=C(CC1CCCNC1)NC1=NC=C(Cl)C(c2cc(F)cc(NCC3CCOCC3)c2)=C=C1. The molecule has 4 rings (SSSR count). The van der Waals surface area contributed by atoms with Crippen molar-refractivity contribution in [1.29, 1.82) is 0 Å². The van der Waals surface area contributed by atoms with Crippen LogP contribution in [-0.2, 0) is 9.53 Å². The Balaban J connectivity index is 1.43. The first kappa shape index (κ1) is 23.7. The fourth-order valence-electron chi connectivity index (χ4n) is 4.33. The van der Waals surface area contributed by atoms with Crippen LogP contribution in [0.3, 0.4) is 0 Å². The lowest BCUT2D eigenvalue weighted by atomic mass is 9.96. The van der Waals surface area contributed by atoms with Gasteiger partial charge < -0.3 is 20.7 Å². The van der Waals surface area contributed by atoms with Gasteiger partial charge in [-0.3, -0.25) is 4.79 Å². The zero-order valence-corrected chi connectivity index (χ0v) is 19.4. The summed E-state index contributed by atoms with van der Waals surface area (Å²) < 4.78 is 19.8.